The van der Waals surface area contributed by atoms with Crippen molar-refractivity contribution in [3.63, 3.8) is 0 Å². The number of carbonyl (C=O) groups is 1. The fourth-order valence-electron chi connectivity index (χ4n) is 3.52. The number of halogens is 4. The number of nitrogens with zero attached hydrogens (tertiary/aromatic N) is 3. The summed E-state index contributed by atoms with van der Waals surface area (Å²) in [4.78, 5) is 21.3. The number of alkyl halides is 3. The van der Waals surface area contributed by atoms with Crippen molar-refractivity contribution < 1.29 is 18.0 Å². The minimum atomic E-state index is -4.49. The molecule has 162 valence electrons. The Balaban J connectivity index is 1.46. The van der Waals surface area contributed by atoms with E-state index in [4.69, 9.17) is 11.6 Å². The van der Waals surface area contributed by atoms with Crippen LogP contribution in [0.25, 0.3) is 11.1 Å². The largest absolute Gasteiger partial charge is 0.417 e. The molecule has 3 heterocycles. The van der Waals surface area contributed by atoms with Crippen molar-refractivity contribution in [2.75, 3.05) is 31.1 Å². The zero-order valence-electron chi connectivity index (χ0n) is 16.6. The number of hydrogen-bond acceptors (Lipinski definition) is 4. The van der Waals surface area contributed by atoms with Gasteiger partial charge in [0.15, 0.2) is 0 Å². The Bertz CT molecular complexity index is 1090. The van der Waals surface area contributed by atoms with Gasteiger partial charge in [-0.05, 0) is 30.0 Å². The number of hydrogen-bond donors (Lipinski definition) is 0. The van der Waals surface area contributed by atoms with Gasteiger partial charge in [-0.25, -0.2) is 4.98 Å². The van der Waals surface area contributed by atoms with Gasteiger partial charge < -0.3 is 9.80 Å². The molecule has 0 saturated carbocycles. The second-order valence-corrected chi connectivity index (χ2v) is 8.66. The first-order valence-electron chi connectivity index (χ1n) is 9.65. The highest BCUT2D eigenvalue weighted by Crippen LogP contribution is 2.34. The lowest BCUT2D eigenvalue weighted by atomic mass is 10.0. The van der Waals surface area contributed by atoms with Gasteiger partial charge in [0, 0.05) is 37.9 Å². The minimum Gasteiger partial charge on any atom is -0.352 e. The second-order valence-electron chi connectivity index (χ2n) is 7.34. The van der Waals surface area contributed by atoms with E-state index in [9.17, 15) is 18.0 Å². The van der Waals surface area contributed by atoms with Crippen LogP contribution in [0.4, 0.5) is 19.0 Å². The van der Waals surface area contributed by atoms with Crippen molar-refractivity contribution in [3.8, 4) is 11.1 Å². The summed E-state index contributed by atoms with van der Waals surface area (Å²) in [5.41, 5.74) is 2.18. The Hall–Kier alpha value is -2.58. The van der Waals surface area contributed by atoms with Crippen LogP contribution in [0.1, 0.15) is 20.8 Å². The molecule has 2 aromatic heterocycles. The van der Waals surface area contributed by atoms with E-state index >= 15 is 0 Å². The summed E-state index contributed by atoms with van der Waals surface area (Å²) in [6.07, 6.45) is -3.70. The maximum absolute atomic E-state index is 13.1. The lowest BCUT2D eigenvalue weighted by molar-refractivity contribution is -0.137. The summed E-state index contributed by atoms with van der Waals surface area (Å²) in [6, 6.07) is 10.9. The Morgan fingerprint density at radius 3 is 2.39 bits per heavy atom. The number of thiophene rings is 1. The summed E-state index contributed by atoms with van der Waals surface area (Å²) >= 11 is 7.47. The van der Waals surface area contributed by atoms with Crippen molar-refractivity contribution in [2.45, 2.75) is 13.1 Å². The van der Waals surface area contributed by atoms with E-state index in [1.165, 1.54) is 11.3 Å². The third-order valence-electron chi connectivity index (χ3n) is 5.24. The van der Waals surface area contributed by atoms with E-state index in [1.54, 1.807) is 4.90 Å². The molecule has 0 bridgehead atoms. The molecule has 4 rings (SSSR count). The van der Waals surface area contributed by atoms with Gasteiger partial charge in [0.1, 0.15) is 5.82 Å². The molecule has 0 spiro atoms. The van der Waals surface area contributed by atoms with Gasteiger partial charge in [-0.3, -0.25) is 4.79 Å². The predicted octanol–water partition coefficient (Wildman–Crippen LogP) is 5.75. The molecule has 1 aliphatic heterocycles. The average Bonchev–Trinajstić information content (AvgIpc) is 3.23. The van der Waals surface area contributed by atoms with Crippen molar-refractivity contribution >= 4 is 34.7 Å². The van der Waals surface area contributed by atoms with Gasteiger partial charge in [-0.15, -0.1) is 11.3 Å². The third-order valence-corrected chi connectivity index (χ3v) is 6.42. The molecule has 31 heavy (non-hydrogen) atoms. The van der Waals surface area contributed by atoms with Crippen LogP contribution in [-0.4, -0.2) is 42.0 Å². The molecule has 1 aromatic carbocycles. The number of piperazine rings is 1. The summed E-state index contributed by atoms with van der Waals surface area (Å²) in [5, 5.41) is 1.86. The molecule has 1 aliphatic rings. The summed E-state index contributed by atoms with van der Waals surface area (Å²) < 4.78 is 38.5. The maximum Gasteiger partial charge on any atom is 0.417 e. The van der Waals surface area contributed by atoms with Crippen molar-refractivity contribution in [1.29, 1.82) is 0 Å². The highest BCUT2D eigenvalue weighted by molar-refractivity contribution is 7.12. The smallest absolute Gasteiger partial charge is 0.352 e. The number of aryl methyl sites for hydroxylation is 1. The van der Waals surface area contributed by atoms with E-state index in [1.807, 2.05) is 47.5 Å². The molecule has 1 amide bonds. The van der Waals surface area contributed by atoms with Crippen molar-refractivity contribution in [2.24, 2.45) is 0 Å². The van der Waals surface area contributed by atoms with Crippen LogP contribution in [0.2, 0.25) is 5.02 Å². The molecule has 1 saturated heterocycles. The van der Waals surface area contributed by atoms with Crippen LogP contribution in [0.5, 0.6) is 0 Å². The van der Waals surface area contributed by atoms with E-state index in [2.05, 4.69) is 4.98 Å². The van der Waals surface area contributed by atoms with Crippen LogP contribution in [0.15, 0.2) is 48.0 Å². The monoisotopic (exact) mass is 465 g/mol. The average molecular weight is 466 g/mol. The highest BCUT2D eigenvalue weighted by Gasteiger charge is 2.33. The molecular formula is C22H19ClF3N3OS. The molecule has 0 aliphatic carbocycles. The number of amides is 1. The third kappa shape index (κ3) is 4.55. The fraction of sp³-hybridized carbons (Fsp3) is 0.273. The Kier molecular flexibility index (Phi) is 5.94. The van der Waals surface area contributed by atoms with Gasteiger partial charge in [-0.1, -0.05) is 41.4 Å². The number of carbonyl (C=O) groups excluding carboxylic acids is 1. The van der Waals surface area contributed by atoms with E-state index in [0.29, 0.717) is 36.9 Å². The summed E-state index contributed by atoms with van der Waals surface area (Å²) in [7, 11) is 0. The van der Waals surface area contributed by atoms with Crippen LogP contribution >= 0.6 is 22.9 Å². The van der Waals surface area contributed by atoms with Gasteiger partial charge in [-0.2, -0.15) is 13.2 Å². The van der Waals surface area contributed by atoms with Gasteiger partial charge in [0.25, 0.3) is 5.91 Å². The van der Waals surface area contributed by atoms with Gasteiger partial charge in [0.05, 0.1) is 15.5 Å². The van der Waals surface area contributed by atoms with Crippen LogP contribution in [-0.2, 0) is 6.18 Å². The highest BCUT2D eigenvalue weighted by atomic mass is 35.5. The Morgan fingerprint density at radius 1 is 1.10 bits per heavy atom. The lowest BCUT2D eigenvalue weighted by Crippen LogP contribution is -2.49. The Morgan fingerprint density at radius 2 is 1.77 bits per heavy atom. The predicted molar refractivity (Wildman–Crippen MR) is 117 cm³/mol. The molecule has 3 aromatic rings. The lowest BCUT2D eigenvalue weighted by Gasteiger charge is -2.35. The van der Waals surface area contributed by atoms with Crippen LogP contribution in [0.3, 0.4) is 0 Å². The van der Waals surface area contributed by atoms with E-state index in [-0.39, 0.29) is 10.9 Å². The van der Waals surface area contributed by atoms with Crippen LogP contribution in [0, 0.1) is 6.92 Å². The summed E-state index contributed by atoms with van der Waals surface area (Å²) in [6.45, 7) is 3.76. The molecule has 9 heteroatoms. The zero-order valence-corrected chi connectivity index (χ0v) is 18.2. The number of rotatable bonds is 3. The number of benzene rings is 1. The first-order valence-corrected chi connectivity index (χ1v) is 10.9. The topological polar surface area (TPSA) is 36.4 Å². The molecule has 0 radical (unpaired) electrons. The zero-order chi connectivity index (χ0) is 22.2. The van der Waals surface area contributed by atoms with Gasteiger partial charge in [0.2, 0.25) is 0 Å². The fourth-order valence-corrected chi connectivity index (χ4v) is 4.69. The Labute approximate surface area is 186 Å². The van der Waals surface area contributed by atoms with Gasteiger partial charge >= 0.3 is 6.18 Å². The molecule has 0 unspecified atom stereocenters. The first-order chi connectivity index (χ1) is 14.7. The quantitative estimate of drug-likeness (QED) is 0.494. The molecule has 0 atom stereocenters. The summed E-state index contributed by atoms with van der Waals surface area (Å²) in [5.74, 6) is 0.259. The second kappa shape index (κ2) is 8.51. The first kappa shape index (κ1) is 21.6. The van der Waals surface area contributed by atoms with Crippen molar-refractivity contribution in [1.82, 2.24) is 9.88 Å². The maximum atomic E-state index is 13.1. The molecule has 4 nitrogen and oxygen atoms in total. The minimum absolute atomic E-state index is 0.0447. The SMILES string of the molecule is Cc1ccc(-c2ccsc2C(=O)N2CCN(c3ncc(C(F)(F)F)cc3Cl)CC2)cc1. The normalized spacial score (nSPS) is 14.7. The molecule has 1 fully saturated rings. The molecule has 0 N–H and O–H groups in total. The molecular weight excluding hydrogens is 447 g/mol. The van der Waals surface area contributed by atoms with E-state index in [0.717, 1.165) is 29.0 Å². The number of anilines is 1. The number of aromatic nitrogens is 1. The number of pyridine rings is 1. The standard InChI is InChI=1S/C22H19ClF3N3OS/c1-14-2-4-15(5-3-14)17-6-11-31-19(17)21(30)29-9-7-28(8-10-29)20-18(23)12-16(13-27-20)22(24,25)26/h2-6,11-13H,7-10H2,1H3. The van der Waals surface area contributed by atoms with Crippen molar-refractivity contribution in [3.05, 3.63) is 69.0 Å². The van der Waals surface area contributed by atoms with Crippen LogP contribution < -0.4 is 4.90 Å². The van der Waals surface area contributed by atoms with E-state index < -0.39 is 11.7 Å².